The van der Waals surface area contributed by atoms with E-state index in [1.807, 2.05) is 43.1 Å². The smallest absolute Gasteiger partial charge is 0.259 e. The number of fused-ring (bicyclic) bond motifs is 1. The first-order valence-electron chi connectivity index (χ1n) is 10.3. The molecule has 6 nitrogen and oxygen atoms in total. The van der Waals surface area contributed by atoms with Gasteiger partial charge in [-0.3, -0.25) is 4.79 Å². The predicted octanol–water partition coefficient (Wildman–Crippen LogP) is 5.10. The Bertz CT molecular complexity index is 1090. The number of carbonyl (C=O) groups is 1. The molecule has 0 atom stereocenters. The van der Waals surface area contributed by atoms with Crippen LogP contribution in [0.25, 0.3) is 0 Å². The van der Waals surface area contributed by atoms with Gasteiger partial charge in [0.25, 0.3) is 5.91 Å². The SMILES string of the molecule is CCCOc1ccc(NC(=O)c2cccc3c2OCCN3c2ccc(C)cn2)cc1F. The number of aryl methyl sites for hydroxylation is 1. The number of halogens is 1. The molecule has 0 spiro atoms. The van der Waals surface area contributed by atoms with Crippen molar-refractivity contribution in [2.45, 2.75) is 20.3 Å². The molecule has 2 aromatic carbocycles. The second-order valence-electron chi connectivity index (χ2n) is 7.30. The summed E-state index contributed by atoms with van der Waals surface area (Å²) in [6, 6.07) is 13.7. The van der Waals surface area contributed by atoms with Gasteiger partial charge in [0.2, 0.25) is 0 Å². The minimum Gasteiger partial charge on any atom is -0.491 e. The van der Waals surface area contributed by atoms with Gasteiger partial charge in [-0.2, -0.15) is 0 Å². The number of carbonyl (C=O) groups excluding carboxylic acids is 1. The number of hydrogen-bond acceptors (Lipinski definition) is 5. The lowest BCUT2D eigenvalue weighted by molar-refractivity contribution is 0.102. The van der Waals surface area contributed by atoms with Crippen molar-refractivity contribution in [2.75, 3.05) is 30.0 Å². The molecule has 3 aromatic rings. The van der Waals surface area contributed by atoms with E-state index in [0.29, 0.717) is 36.8 Å². The molecule has 31 heavy (non-hydrogen) atoms. The van der Waals surface area contributed by atoms with E-state index in [1.165, 1.54) is 12.1 Å². The molecule has 1 aliphatic heterocycles. The largest absolute Gasteiger partial charge is 0.491 e. The monoisotopic (exact) mass is 421 g/mol. The Morgan fingerprint density at radius 3 is 2.87 bits per heavy atom. The highest BCUT2D eigenvalue weighted by molar-refractivity contribution is 6.07. The van der Waals surface area contributed by atoms with Crippen molar-refractivity contribution < 1.29 is 18.7 Å². The maximum atomic E-state index is 14.3. The van der Waals surface area contributed by atoms with Gasteiger partial charge in [-0.15, -0.1) is 0 Å². The Balaban J connectivity index is 1.58. The lowest BCUT2D eigenvalue weighted by Gasteiger charge is -2.31. The molecule has 0 saturated heterocycles. The van der Waals surface area contributed by atoms with Crippen LogP contribution in [0, 0.1) is 12.7 Å². The number of para-hydroxylation sites is 1. The highest BCUT2D eigenvalue weighted by Gasteiger charge is 2.25. The van der Waals surface area contributed by atoms with E-state index < -0.39 is 5.82 Å². The highest BCUT2D eigenvalue weighted by Crippen LogP contribution is 2.38. The summed E-state index contributed by atoms with van der Waals surface area (Å²) in [5.74, 6) is 0.544. The van der Waals surface area contributed by atoms with Crippen LogP contribution in [-0.2, 0) is 0 Å². The summed E-state index contributed by atoms with van der Waals surface area (Å²) in [5, 5.41) is 2.75. The second kappa shape index (κ2) is 9.04. The lowest BCUT2D eigenvalue weighted by atomic mass is 10.1. The summed E-state index contributed by atoms with van der Waals surface area (Å²) in [5.41, 5.74) is 2.56. The summed E-state index contributed by atoms with van der Waals surface area (Å²) >= 11 is 0. The van der Waals surface area contributed by atoms with Crippen molar-refractivity contribution in [1.29, 1.82) is 0 Å². The Kier molecular flexibility index (Phi) is 6.02. The molecule has 1 amide bonds. The van der Waals surface area contributed by atoms with E-state index in [0.717, 1.165) is 23.5 Å². The van der Waals surface area contributed by atoms with E-state index in [1.54, 1.807) is 18.2 Å². The van der Waals surface area contributed by atoms with Gasteiger partial charge >= 0.3 is 0 Å². The zero-order chi connectivity index (χ0) is 21.8. The van der Waals surface area contributed by atoms with Crippen LogP contribution in [0.2, 0.25) is 0 Å². The van der Waals surface area contributed by atoms with E-state index in [4.69, 9.17) is 9.47 Å². The summed E-state index contributed by atoms with van der Waals surface area (Å²) in [7, 11) is 0. The van der Waals surface area contributed by atoms with Gasteiger partial charge in [-0.25, -0.2) is 9.37 Å². The molecular formula is C24H24FN3O3. The van der Waals surface area contributed by atoms with Crippen molar-refractivity contribution in [3.05, 3.63) is 71.7 Å². The Labute approximate surface area is 180 Å². The minimum absolute atomic E-state index is 0.168. The number of aromatic nitrogens is 1. The predicted molar refractivity (Wildman–Crippen MR) is 118 cm³/mol. The third-order valence-electron chi connectivity index (χ3n) is 4.91. The number of nitrogens with zero attached hydrogens (tertiary/aromatic N) is 2. The number of ether oxygens (including phenoxy) is 2. The summed E-state index contributed by atoms with van der Waals surface area (Å²) in [4.78, 5) is 19.5. The van der Waals surface area contributed by atoms with Crippen LogP contribution in [0.5, 0.6) is 11.5 Å². The molecule has 0 aliphatic carbocycles. The third-order valence-corrected chi connectivity index (χ3v) is 4.91. The number of amides is 1. The van der Waals surface area contributed by atoms with Crippen molar-refractivity contribution in [3.8, 4) is 11.5 Å². The number of hydrogen-bond donors (Lipinski definition) is 1. The summed E-state index contributed by atoms with van der Waals surface area (Å²) < 4.78 is 25.5. The van der Waals surface area contributed by atoms with E-state index in [9.17, 15) is 9.18 Å². The topological polar surface area (TPSA) is 63.7 Å². The quantitative estimate of drug-likeness (QED) is 0.600. The number of benzene rings is 2. The zero-order valence-corrected chi connectivity index (χ0v) is 17.5. The van der Waals surface area contributed by atoms with E-state index >= 15 is 0 Å². The third kappa shape index (κ3) is 4.45. The van der Waals surface area contributed by atoms with Crippen LogP contribution < -0.4 is 19.7 Å². The highest BCUT2D eigenvalue weighted by atomic mass is 19.1. The van der Waals surface area contributed by atoms with Crippen molar-refractivity contribution >= 4 is 23.1 Å². The van der Waals surface area contributed by atoms with Crippen LogP contribution in [0.4, 0.5) is 21.6 Å². The average molecular weight is 421 g/mol. The fourth-order valence-electron chi connectivity index (χ4n) is 3.39. The lowest BCUT2D eigenvalue weighted by Crippen LogP contribution is -2.30. The van der Waals surface area contributed by atoms with Crippen LogP contribution in [-0.4, -0.2) is 30.6 Å². The summed E-state index contributed by atoms with van der Waals surface area (Å²) in [6.07, 6.45) is 2.59. The molecule has 4 rings (SSSR count). The van der Waals surface area contributed by atoms with Crippen LogP contribution in [0.3, 0.4) is 0 Å². The first kappa shape index (κ1) is 20.7. The molecule has 160 valence electrons. The molecule has 0 saturated carbocycles. The zero-order valence-electron chi connectivity index (χ0n) is 17.5. The van der Waals surface area contributed by atoms with Crippen LogP contribution in [0.1, 0.15) is 29.3 Å². The number of anilines is 3. The fourth-order valence-corrected chi connectivity index (χ4v) is 3.39. The molecule has 0 fully saturated rings. The van der Waals surface area contributed by atoms with Crippen LogP contribution in [0.15, 0.2) is 54.7 Å². The Morgan fingerprint density at radius 1 is 1.26 bits per heavy atom. The van der Waals surface area contributed by atoms with Gasteiger partial charge in [-0.05, 0) is 49.2 Å². The van der Waals surface area contributed by atoms with Gasteiger partial charge in [-0.1, -0.05) is 19.1 Å². The first-order chi connectivity index (χ1) is 15.1. The van der Waals surface area contributed by atoms with Gasteiger partial charge in [0, 0.05) is 18.0 Å². The Morgan fingerprint density at radius 2 is 2.13 bits per heavy atom. The fraction of sp³-hybridized carbons (Fsp3) is 0.250. The number of pyridine rings is 1. The van der Waals surface area contributed by atoms with E-state index in [2.05, 4.69) is 10.3 Å². The molecule has 1 aliphatic rings. The standard InChI is InChI=1S/C24H24FN3O3/c1-3-12-30-21-9-8-17(14-19(21)25)27-24(29)18-5-4-6-20-23(18)31-13-11-28(20)22-10-7-16(2)15-26-22/h4-10,14-15H,3,11-13H2,1-2H3,(H,27,29). The normalized spacial score (nSPS) is 12.7. The molecule has 1 aromatic heterocycles. The minimum atomic E-state index is -0.519. The molecule has 0 bridgehead atoms. The molecule has 1 N–H and O–H groups in total. The molecule has 7 heteroatoms. The maximum absolute atomic E-state index is 14.3. The molecular weight excluding hydrogens is 397 g/mol. The molecule has 2 heterocycles. The Hall–Kier alpha value is -3.61. The summed E-state index contributed by atoms with van der Waals surface area (Å²) in [6.45, 7) is 5.41. The van der Waals surface area contributed by atoms with E-state index in [-0.39, 0.29) is 11.7 Å². The van der Waals surface area contributed by atoms with Gasteiger partial charge < -0.3 is 19.7 Å². The van der Waals surface area contributed by atoms with Gasteiger partial charge in [0.05, 0.1) is 24.4 Å². The van der Waals surface area contributed by atoms with Gasteiger partial charge in [0.15, 0.2) is 17.3 Å². The van der Waals surface area contributed by atoms with Crippen molar-refractivity contribution in [3.63, 3.8) is 0 Å². The average Bonchev–Trinajstić information content (AvgIpc) is 2.78. The second-order valence-corrected chi connectivity index (χ2v) is 7.30. The molecule has 0 unspecified atom stereocenters. The maximum Gasteiger partial charge on any atom is 0.259 e. The van der Waals surface area contributed by atoms with Crippen LogP contribution >= 0.6 is 0 Å². The number of rotatable bonds is 6. The van der Waals surface area contributed by atoms with Gasteiger partial charge in [0.1, 0.15) is 12.4 Å². The number of nitrogens with one attached hydrogen (secondary N) is 1. The molecule has 0 radical (unpaired) electrons. The first-order valence-corrected chi connectivity index (χ1v) is 10.3. The van der Waals surface area contributed by atoms with Crippen molar-refractivity contribution in [1.82, 2.24) is 4.98 Å². The van der Waals surface area contributed by atoms with Crippen molar-refractivity contribution in [2.24, 2.45) is 0 Å².